The molecular formula is C135H82N12. The van der Waals surface area contributed by atoms with Gasteiger partial charge in [0.15, 0.2) is 22.6 Å². The van der Waals surface area contributed by atoms with Crippen LogP contribution in [-0.4, -0.2) is 57.5 Å². The molecule has 0 aliphatic carbocycles. The summed E-state index contributed by atoms with van der Waals surface area (Å²) in [5.74, 6) is 0. The van der Waals surface area contributed by atoms with Gasteiger partial charge in [-0.15, -0.1) is 0 Å². The normalized spacial score (nSPS) is 12.0. The van der Waals surface area contributed by atoms with Gasteiger partial charge in [0, 0.05) is 155 Å². The van der Waals surface area contributed by atoms with E-state index in [4.69, 9.17) is 15.0 Å². The van der Waals surface area contributed by atoms with Crippen molar-refractivity contribution in [2.75, 3.05) is 0 Å². The molecule has 33 rings (SSSR count). The van der Waals surface area contributed by atoms with Gasteiger partial charge in [-0.1, -0.05) is 285 Å². The van der Waals surface area contributed by atoms with Crippen LogP contribution in [0.2, 0.25) is 0 Å². The Kier molecular flexibility index (Phi) is 18.7. The van der Waals surface area contributed by atoms with E-state index in [0.717, 1.165) is 106 Å². The van der Waals surface area contributed by atoms with Gasteiger partial charge >= 0.3 is 0 Å². The van der Waals surface area contributed by atoms with Gasteiger partial charge in [0.2, 0.25) is 0 Å². The highest BCUT2D eigenvalue weighted by Gasteiger charge is 2.28. The first-order valence-electron chi connectivity index (χ1n) is 49.9. The Morgan fingerprint density at radius 3 is 0.857 bits per heavy atom. The summed E-state index contributed by atoms with van der Waals surface area (Å²) in [5, 5.41) is 24.8. The van der Waals surface area contributed by atoms with Crippen LogP contribution < -0.4 is 0 Å². The van der Waals surface area contributed by atoms with E-state index in [9.17, 15) is 0 Å². The van der Waals surface area contributed by atoms with Gasteiger partial charge in [-0.3, -0.25) is 0 Å². The number of aromatic nitrogens is 12. The third kappa shape index (κ3) is 13.1. The second-order valence-corrected chi connectivity index (χ2v) is 38.4. The Labute approximate surface area is 841 Å². The lowest BCUT2D eigenvalue weighted by Gasteiger charge is -2.12. The van der Waals surface area contributed by atoms with Crippen molar-refractivity contribution in [2.45, 2.75) is 6.92 Å². The van der Waals surface area contributed by atoms with Gasteiger partial charge in [-0.25, -0.2) is 39.9 Å². The molecule has 682 valence electrons. The molecule has 12 heteroatoms. The number of para-hydroxylation sites is 7. The van der Waals surface area contributed by atoms with E-state index in [2.05, 4.69) is 455 Å². The molecular weight excluding hydrogens is 1790 g/mol. The van der Waals surface area contributed by atoms with Gasteiger partial charge in [-0.05, 0) is 244 Å². The maximum atomic E-state index is 4.93. The van der Waals surface area contributed by atoms with Crippen LogP contribution in [-0.2, 0) is 0 Å². The smallest absolute Gasteiger partial charge is 0.160 e. The summed E-state index contributed by atoms with van der Waals surface area (Å²) in [7, 11) is 0. The molecule has 0 aliphatic rings. The highest BCUT2D eigenvalue weighted by Crippen LogP contribution is 2.51. The van der Waals surface area contributed by atoms with Crippen molar-refractivity contribution in [3.8, 4) is 101 Å². The lowest BCUT2D eigenvalue weighted by atomic mass is 9.94. The minimum absolute atomic E-state index is 0.758. The van der Waals surface area contributed by atoms with E-state index in [-0.39, 0.29) is 0 Å². The van der Waals surface area contributed by atoms with Crippen LogP contribution in [0.5, 0.6) is 0 Å². The van der Waals surface area contributed by atoms with E-state index in [1.807, 2.05) is 74.2 Å². The van der Waals surface area contributed by atoms with Gasteiger partial charge in [-0.2, -0.15) is 0 Å². The van der Waals surface area contributed by atoms with Crippen molar-refractivity contribution >= 4 is 197 Å². The first-order chi connectivity index (χ1) is 72.8. The van der Waals surface area contributed by atoms with Crippen molar-refractivity contribution in [3.63, 3.8) is 0 Å². The van der Waals surface area contributed by atoms with Crippen LogP contribution in [0.4, 0.5) is 0 Å². The summed E-state index contributed by atoms with van der Waals surface area (Å²) < 4.78 is 9.71. The van der Waals surface area contributed by atoms with E-state index >= 15 is 0 Å². The van der Waals surface area contributed by atoms with E-state index in [1.54, 1.807) is 0 Å². The predicted molar refractivity (Wildman–Crippen MR) is 610 cm³/mol. The molecule has 0 atom stereocenters. The largest absolute Gasteiger partial charge is 0.308 e. The van der Waals surface area contributed by atoms with Gasteiger partial charge in [0.05, 0.1) is 83.3 Å². The molecule has 0 saturated carbocycles. The van der Waals surface area contributed by atoms with E-state index in [1.165, 1.54) is 197 Å². The number of hydrogen-bond acceptors (Lipinski definition) is 8. The number of benzene rings is 17. The van der Waals surface area contributed by atoms with Gasteiger partial charge in [0.25, 0.3) is 0 Å². The standard InChI is InChI=1S/C38H23N3.C33H21N3.2C32H19N3/c1-2-10-24(11-3-1)34-23-31(30-16-9-19-39-38(30)40-34)26-13-8-12-25(20-26)27-21-32-28-14-4-6-17-35(28)41-36-18-7-5-15-29(36)33(22-27)37(32)41;1-20-16-26(25-11-7-15-34-33(25)35-20)23-18-28-24-10-5-6-12-30(24)36-31-14-13-22(21-8-3-2-4-9-21)17-27(31)29(19-23)32(28)36;1-2-9-20(10-3-1)27-19-26(24-13-8-18-33-32(24)34-27)22-16-17-23-21-11-4-6-14-28(21)35-29-15-7-5-12-25(29)30(22)31(23)35;1-2-9-20(10-3-1)28-19-25(24-13-8-16-33-32(24)34-28)21-17-26-22-11-4-6-14-29(22)35-30-15-7-5-12-23(30)27(18-21)31(26)35/h1-23H;2-19H,1H3;2*1-19H. The minimum atomic E-state index is 0.758. The van der Waals surface area contributed by atoms with Crippen molar-refractivity contribution < 1.29 is 0 Å². The fourth-order valence-electron chi connectivity index (χ4n) is 23.8. The van der Waals surface area contributed by atoms with Crippen molar-refractivity contribution in [1.29, 1.82) is 0 Å². The van der Waals surface area contributed by atoms with Crippen LogP contribution >= 0.6 is 0 Å². The first-order valence-corrected chi connectivity index (χ1v) is 49.9. The summed E-state index contributed by atoms with van der Waals surface area (Å²) in [4.78, 5) is 37.9. The Morgan fingerprint density at radius 2 is 0.435 bits per heavy atom. The molecule has 0 saturated heterocycles. The number of pyridine rings is 8. The zero-order valence-corrected chi connectivity index (χ0v) is 79.5. The van der Waals surface area contributed by atoms with Crippen LogP contribution in [0.1, 0.15) is 5.69 Å². The van der Waals surface area contributed by atoms with Crippen molar-refractivity contribution in [3.05, 3.63) is 485 Å². The zero-order valence-electron chi connectivity index (χ0n) is 79.5. The molecule has 0 aliphatic heterocycles. The zero-order chi connectivity index (χ0) is 96.6. The van der Waals surface area contributed by atoms with Crippen LogP contribution in [0.25, 0.3) is 297 Å². The molecule has 0 radical (unpaired) electrons. The summed E-state index contributed by atoms with van der Waals surface area (Å²) in [6.07, 6.45) is 7.27. The third-order valence-electron chi connectivity index (χ3n) is 30.2. The van der Waals surface area contributed by atoms with Crippen LogP contribution in [0.15, 0.2) is 480 Å². The van der Waals surface area contributed by atoms with Crippen molar-refractivity contribution in [1.82, 2.24) is 57.5 Å². The van der Waals surface area contributed by atoms with Crippen LogP contribution in [0.3, 0.4) is 0 Å². The number of nitrogens with zero attached hydrogens (tertiary/aromatic N) is 12. The summed E-state index contributed by atoms with van der Waals surface area (Å²) >= 11 is 0. The summed E-state index contributed by atoms with van der Waals surface area (Å²) in [6, 6.07) is 163. The average molecular weight is 1870 g/mol. The second kappa shape index (κ2) is 33.2. The number of rotatable bonds is 9. The molecule has 16 heterocycles. The monoisotopic (exact) mass is 1870 g/mol. The molecule has 0 bridgehead atoms. The lowest BCUT2D eigenvalue weighted by molar-refractivity contribution is 1.20. The summed E-state index contributed by atoms with van der Waals surface area (Å²) in [6.45, 7) is 2.04. The SMILES string of the molecule is Cc1cc(-c2cc3c4ccccc4n4c5ccc(-c6ccccc6)cc5c(c2)c34)c2cccnc2n1.c1ccc(-c2cc(-c3cc4c5ccccc5n5c6ccccc6c(c3)c45)c3cccnc3n2)cc1.c1ccc(-c2cc(-c3ccc4c5ccccc5n5c6ccccc6c3c45)c3cccnc3n2)cc1.c1ccc(-c2cc(-c3cccc(-c4cc5c6ccccc6n6c7ccccc7c(c4)c56)c3)c3cccnc3n2)cc1. The second-order valence-electron chi connectivity index (χ2n) is 38.4. The predicted octanol–water partition coefficient (Wildman–Crippen LogP) is 34.4. The van der Waals surface area contributed by atoms with E-state index in [0.29, 0.717) is 0 Å². The molecule has 17 aromatic carbocycles. The van der Waals surface area contributed by atoms with Gasteiger partial charge < -0.3 is 17.6 Å². The topological polar surface area (TPSA) is 121 Å². The number of aryl methyl sites for hydroxylation is 1. The van der Waals surface area contributed by atoms with E-state index < -0.39 is 0 Å². The molecule has 33 aromatic rings. The number of hydrogen-bond donors (Lipinski definition) is 0. The first kappa shape index (κ1) is 83.0. The highest BCUT2D eigenvalue weighted by molar-refractivity contribution is 6.31. The Bertz CT molecular complexity index is 11000. The Morgan fingerprint density at radius 1 is 0.150 bits per heavy atom. The molecule has 16 aromatic heterocycles. The molecule has 0 spiro atoms. The van der Waals surface area contributed by atoms with Crippen LogP contribution in [0, 0.1) is 6.92 Å². The fraction of sp³-hybridized carbons (Fsp3) is 0.00741. The maximum absolute atomic E-state index is 4.93. The minimum Gasteiger partial charge on any atom is -0.308 e. The summed E-state index contributed by atoms with van der Waals surface area (Å²) in [5.41, 5.74) is 39.5. The average Bonchev–Trinajstić information content (AvgIpc) is 1.54. The Hall–Kier alpha value is -19.8. The molecule has 0 fully saturated rings. The highest BCUT2D eigenvalue weighted by atomic mass is 14.9. The molecule has 0 amide bonds. The Balaban J connectivity index is 0.0000000908. The molecule has 147 heavy (non-hydrogen) atoms. The van der Waals surface area contributed by atoms with Gasteiger partial charge in [0.1, 0.15) is 0 Å². The molecule has 12 nitrogen and oxygen atoms in total. The number of fused-ring (bicyclic) bond motifs is 28. The molecule has 0 unspecified atom stereocenters. The maximum Gasteiger partial charge on any atom is 0.160 e. The third-order valence-corrected chi connectivity index (χ3v) is 30.2. The fourth-order valence-corrected chi connectivity index (χ4v) is 23.8. The quantitative estimate of drug-likeness (QED) is 0.140. The van der Waals surface area contributed by atoms with Crippen molar-refractivity contribution in [2.24, 2.45) is 0 Å². The molecule has 0 N–H and O–H groups in total. The lowest BCUT2D eigenvalue weighted by Crippen LogP contribution is -1.92.